The van der Waals surface area contributed by atoms with Crippen LogP contribution in [0.15, 0.2) is 60.7 Å². The van der Waals surface area contributed by atoms with Gasteiger partial charge in [0.25, 0.3) is 0 Å². The lowest BCUT2D eigenvalue weighted by molar-refractivity contribution is 0.118. The van der Waals surface area contributed by atoms with Gasteiger partial charge in [-0.2, -0.15) is 0 Å². The van der Waals surface area contributed by atoms with Crippen LogP contribution >= 0.6 is 0 Å². The fourth-order valence-electron chi connectivity index (χ4n) is 3.81. The van der Waals surface area contributed by atoms with Crippen LogP contribution in [-0.2, 0) is 4.74 Å². The summed E-state index contributed by atoms with van der Waals surface area (Å²) >= 11 is 0. The number of carbonyl (C=O) groups is 1. The van der Waals surface area contributed by atoms with Crippen LogP contribution in [-0.4, -0.2) is 29.7 Å². The second-order valence-corrected chi connectivity index (χ2v) is 6.05. The van der Waals surface area contributed by atoms with E-state index in [9.17, 15) is 4.79 Å². The van der Waals surface area contributed by atoms with Crippen molar-refractivity contribution in [1.29, 1.82) is 0 Å². The van der Waals surface area contributed by atoms with E-state index in [0.29, 0.717) is 0 Å². The number of ether oxygens (including phenoxy) is 1. The van der Waals surface area contributed by atoms with Gasteiger partial charge in [0, 0.05) is 12.5 Å². The minimum atomic E-state index is -0.149. The summed E-state index contributed by atoms with van der Waals surface area (Å²) in [5.74, 6) is 0.0967. The lowest BCUT2D eigenvalue weighted by atomic mass is 9.83. The number of amides is 1. The zero-order valence-electron chi connectivity index (χ0n) is 12.4. The molecule has 0 aliphatic carbocycles. The third kappa shape index (κ3) is 2.17. The molecule has 0 bridgehead atoms. The van der Waals surface area contributed by atoms with Gasteiger partial charge in [0.1, 0.15) is 6.10 Å². The summed E-state index contributed by atoms with van der Waals surface area (Å²) in [7, 11) is 0. The molecule has 2 aliphatic rings. The predicted molar refractivity (Wildman–Crippen MR) is 84.7 cm³/mol. The summed E-state index contributed by atoms with van der Waals surface area (Å²) in [6.07, 6.45) is 1.86. The highest BCUT2D eigenvalue weighted by Crippen LogP contribution is 2.40. The van der Waals surface area contributed by atoms with Gasteiger partial charge in [0.2, 0.25) is 0 Å². The molecule has 2 aromatic rings. The van der Waals surface area contributed by atoms with E-state index < -0.39 is 0 Å². The molecule has 2 aromatic carbocycles. The predicted octanol–water partition coefficient (Wildman–Crippen LogP) is 3.80. The number of hydrogen-bond donors (Lipinski definition) is 0. The summed E-state index contributed by atoms with van der Waals surface area (Å²) in [5, 5.41) is 0. The molecule has 2 atom stereocenters. The Morgan fingerprint density at radius 1 is 0.955 bits per heavy atom. The first-order valence-electron chi connectivity index (χ1n) is 7.92. The van der Waals surface area contributed by atoms with Gasteiger partial charge in [-0.1, -0.05) is 60.7 Å². The molecular weight excluding hydrogens is 274 g/mol. The summed E-state index contributed by atoms with van der Waals surface area (Å²) in [6, 6.07) is 21.0. The first kappa shape index (κ1) is 13.4. The molecule has 1 amide bonds. The van der Waals surface area contributed by atoms with Crippen LogP contribution in [0.25, 0.3) is 0 Å². The molecule has 0 saturated carbocycles. The van der Waals surface area contributed by atoms with Gasteiger partial charge in [-0.15, -0.1) is 0 Å². The normalized spacial score (nSPS) is 23.7. The first-order chi connectivity index (χ1) is 10.8. The molecule has 2 aliphatic heterocycles. The number of fused-ring (bicyclic) bond motifs is 1. The average Bonchev–Trinajstić information content (AvgIpc) is 3.15. The Kier molecular flexibility index (Phi) is 3.34. The van der Waals surface area contributed by atoms with E-state index in [1.54, 1.807) is 0 Å². The molecule has 2 heterocycles. The Balaban J connectivity index is 1.77. The molecule has 22 heavy (non-hydrogen) atoms. The average molecular weight is 293 g/mol. The fraction of sp³-hybridized carbons (Fsp3) is 0.316. The van der Waals surface area contributed by atoms with E-state index >= 15 is 0 Å². The summed E-state index contributed by atoms with van der Waals surface area (Å²) < 4.78 is 5.79. The van der Waals surface area contributed by atoms with Crippen molar-refractivity contribution in [2.75, 3.05) is 6.54 Å². The zero-order chi connectivity index (χ0) is 14.9. The third-order valence-corrected chi connectivity index (χ3v) is 4.80. The van der Waals surface area contributed by atoms with Crippen molar-refractivity contribution in [2.24, 2.45) is 0 Å². The molecule has 2 saturated heterocycles. The Labute approximate surface area is 130 Å². The van der Waals surface area contributed by atoms with Crippen molar-refractivity contribution < 1.29 is 9.53 Å². The Bertz CT molecular complexity index is 616. The van der Waals surface area contributed by atoms with E-state index in [2.05, 4.69) is 48.5 Å². The van der Waals surface area contributed by atoms with Gasteiger partial charge in [0.15, 0.2) is 0 Å². The van der Waals surface area contributed by atoms with Crippen LogP contribution in [0.4, 0.5) is 4.79 Å². The van der Waals surface area contributed by atoms with E-state index in [4.69, 9.17) is 4.74 Å². The van der Waals surface area contributed by atoms with Gasteiger partial charge in [-0.25, -0.2) is 4.79 Å². The minimum absolute atomic E-state index is 0.0967. The van der Waals surface area contributed by atoms with Gasteiger partial charge in [0.05, 0.1) is 6.04 Å². The van der Waals surface area contributed by atoms with Crippen LogP contribution in [0.3, 0.4) is 0 Å². The highest BCUT2D eigenvalue weighted by Gasteiger charge is 2.48. The lowest BCUT2D eigenvalue weighted by Gasteiger charge is -2.27. The maximum absolute atomic E-state index is 12.1. The standard InChI is InChI=1S/C19H19NO2/c21-19-20-13-7-12-16(20)18(22-19)17(14-8-3-1-4-9-14)15-10-5-2-6-11-15/h1-6,8-11,16-18H,7,12-13H2/t16-,18-/m1/s1. The van der Waals surface area contributed by atoms with Gasteiger partial charge in [-0.05, 0) is 24.0 Å². The topological polar surface area (TPSA) is 29.5 Å². The van der Waals surface area contributed by atoms with E-state index in [0.717, 1.165) is 19.4 Å². The molecule has 3 nitrogen and oxygen atoms in total. The third-order valence-electron chi connectivity index (χ3n) is 4.80. The molecule has 0 radical (unpaired) electrons. The highest BCUT2D eigenvalue weighted by molar-refractivity contribution is 5.71. The van der Waals surface area contributed by atoms with Crippen molar-refractivity contribution >= 4 is 6.09 Å². The maximum Gasteiger partial charge on any atom is 0.410 e. The molecule has 0 N–H and O–H groups in total. The number of cyclic esters (lactones) is 1. The number of nitrogens with zero attached hydrogens (tertiary/aromatic N) is 1. The van der Waals surface area contributed by atoms with Crippen LogP contribution in [0.2, 0.25) is 0 Å². The molecule has 0 aromatic heterocycles. The van der Waals surface area contributed by atoms with E-state index in [1.807, 2.05) is 17.0 Å². The molecule has 3 heteroatoms. The fourth-order valence-corrected chi connectivity index (χ4v) is 3.81. The molecule has 112 valence electrons. The number of benzene rings is 2. The first-order valence-corrected chi connectivity index (χ1v) is 7.92. The Morgan fingerprint density at radius 3 is 2.14 bits per heavy atom. The quantitative estimate of drug-likeness (QED) is 0.861. The summed E-state index contributed by atoms with van der Waals surface area (Å²) in [6.45, 7) is 0.830. The summed E-state index contributed by atoms with van der Waals surface area (Å²) in [5.41, 5.74) is 2.42. The van der Waals surface area contributed by atoms with Crippen molar-refractivity contribution in [1.82, 2.24) is 4.90 Å². The number of carbonyl (C=O) groups excluding carboxylic acids is 1. The molecule has 0 spiro atoms. The Morgan fingerprint density at radius 2 is 1.55 bits per heavy atom. The van der Waals surface area contributed by atoms with Crippen molar-refractivity contribution in [3.05, 3.63) is 71.8 Å². The van der Waals surface area contributed by atoms with Crippen LogP contribution in [0.5, 0.6) is 0 Å². The van der Waals surface area contributed by atoms with Crippen LogP contribution < -0.4 is 0 Å². The maximum atomic E-state index is 12.1. The monoisotopic (exact) mass is 293 g/mol. The van der Waals surface area contributed by atoms with Crippen molar-refractivity contribution in [2.45, 2.75) is 30.9 Å². The molecule has 4 rings (SSSR count). The Hall–Kier alpha value is -2.29. The van der Waals surface area contributed by atoms with Crippen molar-refractivity contribution in [3.8, 4) is 0 Å². The van der Waals surface area contributed by atoms with Crippen molar-refractivity contribution in [3.63, 3.8) is 0 Å². The van der Waals surface area contributed by atoms with E-state index in [-0.39, 0.29) is 24.2 Å². The SMILES string of the molecule is O=C1O[C@@H](C(c2ccccc2)c2ccccc2)[C@H]2CCCN12. The minimum Gasteiger partial charge on any atom is -0.443 e. The van der Waals surface area contributed by atoms with Gasteiger partial charge >= 0.3 is 6.09 Å². The summed E-state index contributed by atoms with van der Waals surface area (Å²) in [4.78, 5) is 14.0. The largest absolute Gasteiger partial charge is 0.443 e. The number of hydrogen-bond acceptors (Lipinski definition) is 2. The lowest BCUT2D eigenvalue weighted by Crippen LogP contribution is -2.34. The van der Waals surface area contributed by atoms with Crippen LogP contribution in [0, 0.1) is 0 Å². The number of rotatable bonds is 3. The van der Waals surface area contributed by atoms with Gasteiger partial charge < -0.3 is 9.64 Å². The second kappa shape index (κ2) is 5.48. The second-order valence-electron chi connectivity index (χ2n) is 6.05. The van der Waals surface area contributed by atoms with Gasteiger partial charge in [-0.3, -0.25) is 0 Å². The zero-order valence-corrected chi connectivity index (χ0v) is 12.4. The van der Waals surface area contributed by atoms with Crippen LogP contribution in [0.1, 0.15) is 29.9 Å². The molecule has 0 unspecified atom stereocenters. The molecule has 2 fully saturated rings. The molecular formula is C19H19NO2. The highest BCUT2D eigenvalue weighted by atomic mass is 16.6. The smallest absolute Gasteiger partial charge is 0.410 e. The van der Waals surface area contributed by atoms with E-state index in [1.165, 1.54) is 11.1 Å².